The first kappa shape index (κ1) is 21.0. The second-order valence-corrected chi connectivity index (χ2v) is 8.01. The molecule has 0 fully saturated rings. The lowest BCUT2D eigenvalue weighted by Crippen LogP contribution is -2.45. The van der Waals surface area contributed by atoms with Gasteiger partial charge < -0.3 is 19.7 Å². The molecular weight excluding hydrogens is 372 g/mol. The Morgan fingerprint density at radius 1 is 1.34 bits per heavy atom. The van der Waals surface area contributed by atoms with Gasteiger partial charge in [-0.1, -0.05) is 24.6 Å². The number of aliphatic hydroxyl groups is 2. The Morgan fingerprint density at radius 3 is 2.66 bits per heavy atom. The number of rotatable bonds is 5. The molecule has 2 heterocycles. The molecule has 3 aliphatic rings. The van der Waals surface area contributed by atoms with Gasteiger partial charge in [-0.2, -0.15) is 0 Å². The van der Waals surface area contributed by atoms with Gasteiger partial charge in [-0.15, -0.1) is 0 Å². The van der Waals surface area contributed by atoms with Crippen LogP contribution in [0.5, 0.6) is 0 Å². The number of ketones is 1. The molecule has 0 amide bonds. The minimum atomic E-state index is -1.32. The number of fused-ring (bicyclic) bond motifs is 2. The van der Waals surface area contributed by atoms with E-state index in [1.54, 1.807) is 38.2 Å². The van der Waals surface area contributed by atoms with Crippen molar-refractivity contribution < 1.29 is 29.3 Å². The fourth-order valence-corrected chi connectivity index (χ4v) is 3.62. The summed E-state index contributed by atoms with van der Waals surface area (Å²) in [6.07, 6.45) is 9.65. The molecule has 1 aliphatic carbocycles. The summed E-state index contributed by atoms with van der Waals surface area (Å²) >= 11 is 0. The molecule has 0 bridgehead atoms. The second kappa shape index (κ2) is 7.28. The van der Waals surface area contributed by atoms with E-state index in [1.807, 2.05) is 19.9 Å². The van der Waals surface area contributed by atoms with Crippen LogP contribution in [0.1, 0.15) is 41.0 Å². The maximum atomic E-state index is 12.2. The number of ether oxygens (including phenoxy) is 2. The van der Waals surface area contributed by atoms with Crippen LogP contribution in [-0.4, -0.2) is 39.3 Å². The molecular formula is C23H26O6. The highest BCUT2D eigenvalue weighted by atomic mass is 16.6. The van der Waals surface area contributed by atoms with Crippen LogP contribution in [0.3, 0.4) is 0 Å². The van der Waals surface area contributed by atoms with Crippen LogP contribution in [0.15, 0.2) is 70.3 Å². The van der Waals surface area contributed by atoms with Gasteiger partial charge in [0.05, 0.1) is 11.9 Å². The molecule has 0 radical (unpaired) electrons. The molecule has 0 aromatic carbocycles. The third-order valence-electron chi connectivity index (χ3n) is 5.50. The summed E-state index contributed by atoms with van der Waals surface area (Å²) < 4.78 is 11.0. The number of carbonyl (C=O) groups is 2. The molecule has 0 saturated heterocycles. The number of carbonyl (C=O) groups excluding carboxylic acids is 2. The Morgan fingerprint density at radius 2 is 2.03 bits per heavy atom. The molecule has 0 saturated carbocycles. The Labute approximate surface area is 170 Å². The Bertz CT molecular complexity index is 954. The van der Waals surface area contributed by atoms with E-state index < -0.39 is 29.1 Å². The van der Waals surface area contributed by atoms with Crippen molar-refractivity contribution >= 4 is 11.8 Å². The quantitative estimate of drug-likeness (QED) is 0.420. The third-order valence-corrected chi connectivity index (χ3v) is 5.50. The Hall–Kier alpha value is -2.70. The number of aliphatic hydroxyl groups excluding tert-OH is 1. The van der Waals surface area contributed by atoms with Crippen LogP contribution >= 0.6 is 0 Å². The van der Waals surface area contributed by atoms with Gasteiger partial charge in [0.2, 0.25) is 0 Å². The zero-order valence-electron chi connectivity index (χ0n) is 17.3. The monoisotopic (exact) mass is 398 g/mol. The summed E-state index contributed by atoms with van der Waals surface area (Å²) in [5.74, 6) is -0.598. The third kappa shape index (κ3) is 3.78. The van der Waals surface area contributed by atoms with Crippen molar-refractivity contribution in [3.63, 3.8) is 0 Å². The highest BCUT2D eigenvalue weighted by Gasteiger charge is 2.53. The number of allylic oxidation sites excluding steroid dienone is 4. The van der Waals surface area contributed by atoms with E-state index in [0.717, 1.165) is 5.57 Å². The van der Waals surface area contributed by atoms with Gasteiger partial charge in [0.1, 0.15) is 17.4 Å². The van der Waals surface area contributed by atoms with Crippen molar-refractivity contribution in [3.8, 4) is 0 Å². The summed E-state index contributed by atoms with van der Waals surface area (Å²) in [5.41, 5.74) is 0.152. The summed E-state index contributed by atoms with van der Waals surface area (Å²) in [6, 6.07) is 0. The minimum Gasteiger partial charge on any atom is -0.465 e. The summed E-state index contributed by atoms with van der Waals surface area (Å²) in [4.78, 5) is 24.1. The molecule has 154 valence electrons. The van der Waals surface area contributed by atoms with Crippen LogP contribution in [-0.2, 0) is 19.1 Å². The van der Waals surface area contributed by atoms with Gasteiger partial charge in [0.25, 0.3) is 0 Å². The standard InChI is InChI=1S/C23H26O6/c1-6-22(4,27)11-13(2)7-8-16-9-15-10-18-19(14(3)24)21(26)29-23(18,5)20(25)17(15)12-28-16/h7-12,20,25,27H,6H2,1-5H3/b8-7+,13-11+/t20-,22?,23-/m1/s1. The lowest BCUT2D eigenvalue weighted by atomic mass is 9.76. The fraction of sp³-hybridized carbons (Fsp3) is 0.391. The molecule has 0 aromatic rings. The van der Waals surface area contributed by atoms with E-state index >= 15 is 0 Å². The molecule has 2 N–H and O–H groups in total. The predicted molar refractivity (Wildman–Crippen MR) is 107 cm³/mol. The topological polar surface area (TPSA) is 93.1 Å². The van der Waals surface area contributed by atoms with Gasteiger partial charge >= 0.3 is 5.97 Å². The second-order valence-electron chi connectivity index (χ2n) is 8.01. The van der Waals surface area contributed by atoms with Crippen molar-refractivity contribution in [1.82, 2.24) is 0 Å². The van der Waals surface area contributed by atoms with Gasteiger partial charge in [-0.25, -0.2) is 4.79 Å². The molecule has 0 aromatic heterocycles. The lowest BCUT2D eigenvalue weighted by molar-refractivity contribution is -0.152. The summed E-state index contributed by atoms with van der Waals surface area (Å²) in [5, 5.41) is 21.0. The smallest absolute Gasteiger partial charge is 0.343 e. The summed E-state index contributed by atoms with van der Waals surface area (Å²) in [7, 11) is 0. The van der Waals surface area contributed by atoms with Crippen LogP contribution in [0, 0.1) is 0 Å². The predicted octanol–water partition coefficient (Wildman–Crippen LogP) is 2.95. The normalized spacial score (nSPS) is 28.7. The number of esters is 1. The molecule has 3 rings (SSSR count). The van der Waals surface area contributed by atoms with Gasteiger partial charge in [0, 0.05) is 11.1 Å². The highest BCUT2D eigenvalue weighted by molar-refractivity contribution is 6.19. The molecule has 1 unspecified atom stereocenters. The lowest BCUT2D eigenvalue weighted by Gasteiger charge is -2.37. The molecule has 3 atom stereocenters. The number of hydrogen-bond acceptors (Lipinski definition) is 6. The van der Waals surface area contributed by atoms with Crippen molar-refractivity contribution in [3.05, 3.63) is 70.3 Å². The van der Waals surface area contributed by atoms with Crippen molar-refractivity contribution in [2.75, 3.05) is 0 Å². The summed E-state index contributed by atoms with van der Waals surface area (Å²) in [6.45, 7) is 8.42. The van der Waals surface area contributed by atoms with Crippen molar-refractivity contribution in [1.29, 1.82) is 0 Å². The SMILES string of the molecule is CCC(C)(O)/C=C(C)/C=C/C1=CC2=CC3=C(C(C)=O)C(=O)O[C@@]3(C)[C@H](O)C2=CO1. The first-order chi connectivity index (χ1) is 13.5. The Balaban J connectivity index is 1.97. The molecule has 6 heteroatoms. The molecule has 29 heavy (non-hydrogen) atoms. The molecule has 0 spiro atoms. The Kier molecular flexibility index (Phi) is 5.28. The van der Waals surface area contributed by atoms with Crippen LogP contribution in [0.4, 0.5) is 0 Å². The van der Waals surface area contributed by atoms with Crippen LogP contribution in [0.2, 0.25) is 0 Å². The number of Topliss-reactive ketones (excluding diaryl/α,β-unsaturated/α-hetero) is 1. The average Bonchev–Trinajstić information content (AvgIpc) is 2.90. The van der Waals surface area contributed by atoms with E-state index in [4.69, 9.17) is 9.47 Å². The average molecular weight is 398 g/mol. The van der Waals surface area contributed by atoms with E-state index in [-0.39, 0.29) is 5.57 Å². The van der Waals surface area contributed by atoms with Crippen LogP contribution in [0.25, 0.3) is 0 Å². The van der Waals surface area contributed by atoms with Crippen molar-refractivity contribution in [2.45, 2.75) is 58.3 Å². The minimum absolute atomic E-state index is 0.0318. The molecule has 6 nitrogen and oxygen atoms in total. The highest BCUT2D eigenvalue weighted by Crippen LogP contribution is 2.46. The largest absolute Gasteiger partial charge is 0.465 e. The van der Waals surface area contributed by atoms with Crippen LogP contribution < -0.4 is 0 Å². The van der Waals surface area contributed by atoms with E-state index in [1.165, 1.54) is 13.2 Å². The fourth-order valence-electron chi connectivity index (χ4n) is 3.62. The maximum Gasteiger partial charge on any atom is 0.343 e. The van der Waals surface area contributed by atoms with Gasteiger partial charge in [0.15, 0.2) is 11.4 Å². The number of hydrogen-bond donors (Lipinski definition) is 2. The maximum absolute atomic E-state index is 12.2. The van der Waals surface area contributed by atoms with Gasteiger partial charge in [-0.05, 0) is 57.9 Å². The van der Waals surface area contributed by atoms with Crippen molar-refractivity contribution in [2.24, 2.45) is 0 Å². The zero-order valence-corrected chi connectivity index (χ0v) is 17.3. The van der Waals surface area contributed by atoms with Gasteiger partial charge in [-0.3, -0.25) is 4.79 Å². The van der Waals surface area contributed by atoms with E-state index in [2.05, 4.69) is 0 Å². The molecule has 2 aliphatic heterocycles. The van der Waals surface area contributed by atoms with E-state index in [0.29, 0.717) is 28.9 Å². The zero-order chi connectivity index (χ0) is 21.6. The first-order valence-electron chi connectivity index (χ1n) is 9.56. The van der Waals surface area contributed by atoms with E-state index in [9.17, 15) is 19.8 Å². The first-order valence-corrected chi connectivity index (χ1v) is 9.56.